The molecule has 0 bridgehead atoms. The van der Waals surface area contributed by atoms with E-state index in [9.17, 15) is 21.6 Å². The van der Waals surface area contributed by atoms with E-state index in [4.69, 9.17) is 10.6 Å². The van der Waals surface area contributed by atoms with Crippen LogP contribution < -0.4 is 5.73 Å². The summed E-state index contributed by atoms with van der Waals surface area (Å²) in [4.78, 5) is 5.36. The molecule has 3 rings (SSSR count). The van der Waals surface area contributed by atoms with Gasteiger partial charge in [0.2, 0.25) is 10.0 Å². The quantitative estimate of drug-likeness (QED) is 0.583. The van der Waals surface area contributed by atoms with Crippen LogP contribution in [0, 0.1) is 0 Å². The number of hydrogen-bond donors (Lipinski definition) is 1. The maximum atomic E-state index is 12.7. The summed E-state index contributed by atoms with van der Waals surface area (Å²) in [6, 6.07) is 10.8. The van der Waals surface area contributed by atoms with Gasteiger partial charge in [-0.2, -0.15) is 17.5 Å². The second-order valence-corrected chi connectivity index (χ2v) is 8.54. The molecule has 0 saturated carbocycles. The van der Waals surface area contributed by atoms with Crippen molar-refractivity contribution >= 4 is 21.4 Å². The number of nitrogens with zero attached hydrogens (tertiary/aromatic N) is 2. The molecule has 0 amide bonds. The van der Waals surface area contributed by atoms with Gasteiger partial charge in [0.05, 0.1) is 16.2 Å². The van der Waals surface area contributed by atoms with Gasteiger partial charge in [-0.1, -0.05) is 17.3 Å². The minimum atomic E-state index is -4.41. The number of nitrogens with two attached hydrogens (primary N) is 1. The molecular weight excluding hydrogens is 407 g/mol. The van der Waals surface area contributed by atoms with Crippen LogP contribution in [0.3, 0.4) is 0 Å². The van der Waals surface area contributed by atoms with Crippen LogP contribution in [0.2, 0.25) is 0 Å². The fourth-order valence-corrected chi connectivity index (χ4v) is 4.34. The number of anilines is 1. The van der Waals surface area contributed by atoms with Gasteiger partial charge in [0.15, 0.2) is 0 Å². The van der Waals surface area contributed by atoms with E-state index in [1.165, 1.54) is 40.7 Å². The summed E-state index contributed by atoms with van der Waals surface area (Å²) in [6.07, 6.45) is -3.64. The Hall–Kier alpha value is -2.59. The highest BCUT2D eigenvalue weighted by Crippen LogP contribution is 2.29. The molecule has 0 atom stereocenters. The van der Waals surface area contributed by atoms with Gasteiger partial charge in [-0.15, -0.1) is 0 Å². The average Bonchev–Trinajstić information content (AvgIpc) is 2.68. The third-order valence-electron chi connectivity index (χ3n) is 4.50. The molecule has 1 saturated heterocycles. The molecule has 2 N–H and O–H groups in total. The number of benzene rings is 2. The first-order chi connectivity index (χ1) is 13.7. The van der Waals surface area contributed by atoms with Crippen LogP contribution in [0.15, 0.2) is 58.6 Å². The van der Waals surface area contributed by atoms with Gasteiger partial charge in [0, 0.05) is 31.6 Å². The Morgan fingerprint density at radius 1 is 1.07 bits per heavy atom. The molecule has 10 heteroatoms. The molecule has 0 spiro atoms. The van der Waals surface area contributed by atoms with Crippen molar-refractivity contribution in [3.63, 3.8) is 0 Å². The molecule has 1 fully saturated rings. The lowest BCUT2D eigenvalue weighted by atomic mass is 10.1. The highest BCUT2D eigenvalue weighted by Gasteiger charge is 2.30. The molecule has 0 aliphatic carbocycles. The lowest BCUT2D eigenvalue weighted by Gasteiger charge is -2.26. The number of alkyl halides is 3. The number of nitrogen functional groups attached to an aromatic ring is 1. The summed E-state index contributed by atoms with van der Waals surface area (Å²) < 4.78 is 64.8. The maximum absolute atomic E-state index is 12.7. The summed E-state index contributed by atoms with van der Waals surface area (Å²) in [5, 5.41) is 3.97. The molecule has 1 heterocycles. The molecule has 2 aromatic carbocycles. The van der Waals surface area contributed by atoms with E-state index in [0.29, 0.717) is 29.8 Å². The SMILES string of the molecule is Nc1ccc(S(=O)(=O)N2CCC(=NOCc3cccc(C(F)(F)F)c3)CC2)cc1. The molecule has 0 aromatic heterocycles. The first-order valence-corrected chi connectivity index (χ1v) is 10.3. The fourth-order valence-electron chi connectivity index (χ4n) is 2.90. The van der Waals surface area contributed by atoms with E-state index >= 15 is 0 Å². The van der Waals surface area contributed by atoms with Crippen LogP contribution in [-0.4, -0.2) is 31.5 Å². The van der Waals surface area contributed by atoms with Crippen molar-refractivity contribution in [2.75, 3.05) is 18.8 Å². The van der Waals surface area contributed by atoms with Gasteiger partial charge in [0.25, 0.3) is 0 Å². The highest BCUT2D eigenvalue weighted by molar-refractivity contribution is 7.89. The Bertz CT molecular complexity index is 980. The van der Waals surface area contributed by atoms with E-state index in [-0.39, 0.29) is 24.6 Å². The van der Waals surface area contributed by atoms with Crippen molar-refractivity contribution in [3.8, 4) is 0 Å². The van der Waals surface area contributed by atoms with Crippen LogP contribution >= 0.6 is 0 Å². The Balaban J connectivity index is 1.55. The van der Waals surface area contributed by atoms with Crippen molar-refractivity contribution in [2.45, 2.75) is 30.5 Å². The second kappa shape index (κ2) is 8.42. The predicted molar refractivity (Wildman–Crippen MR) is 103 cm³/mol. The van der Waals surface area contributed by atoms with Gasteiger partial charge in [-0.3, -0.25) is 0 Å². The predicted octanol–water partition coefficient (Wildman–Crippen LogP) is 3.64. The zero-order valence-corrected chi connectivity index (χ0v) is 16.2. The molecule has 0 radical (unpaired) electrons. The standard InChI is InChI=1S/C19H20F3N3O3S/c20-19(21,22)15-3-1-2-14(12-15)13-28-24-17-8-10-25(11-9-17)29(26,27)18-6-4-16(23)5-7-18/h1-7,12H,8-11,13,23H2. The summed E-state index contributed by atoms with van der Waals surface area (Å²) >= 11 is 0. The van der Waals surface area contributed by atoms with Crippen molar-refractivity contribution in [3.05, 3.63) is 59.7 Å². The Morgan fingerprint density at radius 2 is 1.72 bits per heavy atom. The van der Waals surface area contributed by atoms with Crippen molar-refractivity contribution in [1.29, 1.82) is 0 Å². The Morgan fingerprint density at radius 3 is 2.34 bits per heavy atom. The molecule has 1 aliphatic heterocycles. The topological polar surface area (TPSA) is 85.0 Å². The monoisotopic (exact) mass is 427 g/mol. The molecule has 2 aromatic rings. The van der Waals surface area contributed by atoms with E-state index in [2.05, 4.69) is 5.16 Å². The fraction of sp³-hybridized carbons (Fsp3) is 0.316. The highest BCUT2D eigenvalue weighted by atomic mass is 32.2. The van der Waals surface area contributed by atoms with Gasteiger partial charge in [-0.25, -0.2) is 8.42 Å². The van der Waals surface area contributed by atoms with Crippen LogP contribution in [0.5, 0.6) is 0 Å². The summed E-state index contributed by atoms with van der Waals surface area (Å²) in [6.45, 7) is 0.401. The van der Waals surface area contributed by atoms with Crippen LogP contribution in [-0.2, 0) is 27.6 Å². The van der Waals surface area contributed by atoms with E-state index in [0.717, 1.165) is 12.1 Å². The van der Waals surface area contributed by atoms with Crippen molar-refractivity contribution in [2.24, 2.45) is 5.16 Å². The number of hydrogen-bond acceptors (Lipinski definition) is 5. The first kappa shape index (κ1) is 21.1. The van der Waals surface area contributed by atoms with Crippen molar-refractivity contribution < 1.29 is 26.4 Å². The average molecular weight is 427 g/mol. The van der Waals surface area contributed by atoms with Crippen LogP contribution in [0.25, 0.3) is 0 Å². The largest absolute Gasteiger partial charge is 0.416 e. The molecule has 1 aliphatic rings. The van der Waals surface area contributed by atoms with Gasteiger partial charge in [0.1, 0.15) is 6.61 Å². The van der Waals surface area contributed by atoms with E-state index < -0.39 is 21.8 Å². The third kappa shape index (κ3) is 5.27. The number of sulfonamides is 1. The summed E-state index contributed by atoms with van der Waals surface area (Å²) in [7, 11) is -3.61. The molecule has 156 valence electrons. The van der Waals surface area contributed by atoms with Crippen LogP contribution in [0.1, 0.15) is 24.0 Å². The molecule has 0 unspecified atom stereocenters. The first-order valence-electron chi connectivity index (χ1n) is 8.86. The maximum Gasteiger partial charge on any atom is 0.416 e. The second-order valence-electron chi connectivity index (χ2n) is 6.60. The number of oxime groups is 1. The summed E-state index contributed by atoms with van der Waals surface area (Å²) in [5.74, 6) is 0. The Labute approximate surface area is 166 Å². The summed E-state index contributed by atoms with van der Waals surface area (Å²) in [5.41, 5.74) is 6.35. The zero-order chi connectivity index (χ0) is 21.1. The molecular formula is C19H20F3N3O3S. The zero-order valence-electron chi connectivity index (χ0n) is 15.4. The number of piperidine rings is 1. The molecule has 29 heavy (non-hydrogen) atoms. The lowest BCUT2D eigenvalue weighted by molar-refractivity contribution is -0.137. The van der Waals surface area contributed by atoms with Crippen LogP contribution in [0.4, 0.5) is 18.9 Å². The van der Waals surface area contributed by atoms with Gasteiger partial charge >= 0.3 is 6.18 Å². The van der Waals surface area contributed by atoms with Gasteiger partial charge in [-0.05, 0) is 42.0 Å². The Kier molecular flexibility index (Phi) is 6.13. The third-order valence-corrected chi connectivity index (χ3v) is 6.41. The number of rotatable bonds is 5. The molecule has 6 nitrogen and oxygen atoms in total. The normalized spacial score (nSPS) is 15.9. The van der Waals surface area contributed by atoms with E-state index in [1.54, 1.807) is 0 Å². The van der Waals surface area contributed by atoms with Crippen molar-refractivity contribution in [1.82, 2.24) is 4.31 Å². The minimum absolute atomic E-state index is 0.0964. The van der Waals surface area contributed by atoms with E-state index in [1.807, 2.05) is 0 Å². The smallest absolute Gasteiger partial charge is 0.399 e. The minimum Gasteiger partial charge on any atom is -0.399 e. The number of halogens is 3. The lowest BCUT2D eigenvalue weighted by Crippen LogP contribution is -2.38. The van der Waals surface area contributed by atoms with Gasteiger partial charge < -0.3 is 10.6 Å².